The number of halogens is 1. The highest BCUT2D eigenvalue weighted by molar-refractivity contribution is 9.10. The molecule has 0 aliphatic carbocycles. The zero-order chi connectivity index (χ0) is 18.6. The van der Waals surface area contributed by atoms with Crippen LogP contribution in [0.15, 0.2) is 65.7 Å². The van der Waals surface area contributed by atoms with Crippen LogP contribution in [0.25, 0.3) is 5.69 Å². The third-order valence-electron chi connectivity index (χ3n) is 4.72. The number of rotatable bonds is 4. The van der Waals surface area contributed by atoms with Crippen LogP contribution in [-0.2, 0) is 6.54 Å². The lowest BCUT2D eigenvalue weighted by molar-refractivity contribution is 0.0628. The average Bonchev–Trinajstić information content (AvgIpc) is 3.15. The van der Waals surface area contributed by atoms with E-state index in [0.717, 1.165) is 42.9 Å². The van der Waals surface area contributed by atoms with Crippen molar-refractivity contribution in [2.24, 2.45) is 0 Å². The van der Waals surface area contributed by atoms with Crippen LogP contribution in [0.1, 0.15) is 15.9 Å². The first-order valence-corrected chi connectivity index (χ1v) is 9.69. The molecule has 3 heterocycles. The predicted molar refractivity (Wildman–Crippen MR) is 107 cm³/mol. The van der Waals surface area contributed by atoms with Crippen molar-refractivity contribution >= 4 is 21.8 Å². The van der Waals surface area contributed by atoms with Crippen molar-refractivity contribution in [1.29, 1.82) is 0 Å². The van der Waals surface area contributed by atoms with Crippen LogP contribution in [0.5, 0.6) is 0 Å². The summed E-state index contributed by atoms with van der Waals surface area (Å²) >= 11 is 3.39. The number of piperazine rings is 1. The zero-order valence-corrected chi connectivity index (χ0v) is 16.4. The fourth-order valence-corrected chi connectivity index (χ4v) is 3.53. The highest BCUT2D eigenvalue weighted by atomic mass is 79.9. The molecular weight excluding hydrogens is 406 g/mol. The Balaban J connectivity index is 1.35. The summed E-state index contributed by atoms with van der Waals surface area (Å²) in [4.78, 5) is 21.2. The molecule has 0 atom stereocenters. The van der Waals surface area contributed by atoms with Gasteiger partial charge in [0.25, 0.3) is 5.91 Å². The largest absolute Gasteiger partial charge is 0.336 e. The van der Waals surface area contributed by atoms with E-state index in [1.54, 1.807) is 17.1 Å². The number of carbonyl (C=O) groups excluding carboxylic acids is 1. The number of amides is 1. The molecule has 7 heteroatoms. The van der Waals surface area contributed by atoms with Crippen molar-refractivity contribution in [1.82, 2.24) is 24.6 Å². The van der Waals surface area contributed by atoms with Gasteiger partial charge in [-0.2, -0.15) is 5.10 Å². The standard InChI is InChI=1S/C20H20BrN5O/c21-18-13-23-26(15-18)19-5-3-17(4-6-19)20(27)25-10-8-24(9-11-25)14-16-2-1-7-22-12-16/h1-7,12-13,15H,8-11,14H2. The first-order chi connectivity index (χ1) is 13.2. The van der Waals surface area contributed by atoms with E-state index in [4.69, 9.17) is 0 Å². The van der Waals surface area contributed by atoms with Crippen LogP contribution in [0.3, 0.4) is 0 Å². The Morgan fingerprint density at radius 2 is 1.81 bits per heavy atom. The average molecular weight is 426 g/mol. The quantitative estimate of drug-likeness (QED) is 0.644. The van der Waals surface area contributed by atoms with E-state index in [2.05, 4.69) is 37.0 Å². The van der Waals surface area contributed by atoms with Gasteiger partial charge in [-0.1, -0.05) is 6.07 Å². The van der Waals surface area contributed by atoms with Gasteiger partial charge in [-0.3, -0.25) is 14.7 Å². The number of benzene rings is 1. The topological polar surface area (TPSA) is 54.3 Å². The van der Waals surface area contributed by atoms with Gasteiger partial charge in [0, 0.05) is 56.9 Å². The summed E-state index contributed by atoms with van der Waals surface area (Å²) in [5, 5.41) is 4.26. The van der Waals surface area contributed by atoms with Crippen LogP contribution in [0.4, 0.5) is 0 Å². The Bertz CT molecular complexity index is 902. The minimum absolute atomic E-state index is 0.0872. The zero-order valence-electron chi connectivity index (χ0n) is 14.8. The van der Waals surface area contributed by atoms with Crippen LogP contribution in [0.2, 0.25) is 0 Å². The highest BCUT2D eigenvalue weighted by Gasteiger charge is 2.22. The summed E-state index contributed by atoms with van der Waals surface area (Å²) in [5.74, 6) is 0.0872. The highest BCUT2D eigenvalue weighted by Crippen LogP contribution is 2.15. The summed E-state index contributed by atoms with van der Waals surface area (Å²) in [6, 6.07) is 11.6. The molecule has 6 nitrogen and oxygen atoms in total. The molecule has 1 aromatic carbocycles. The van der Waals surface area contributed by atoms with Crippen molar-refractivity contribution < 1.29 is 4.79 Å². The molecule has 1 amide bonds. The van der Waals surface area contributed by atoms with Gasteiger partial charge in [-0.25, -0.2) is 4.68 Å². The molecule has 0 spiro atoms. The first-order valence-electron chi connectivity index (χ1n) is 8.90. The van der Waals surface area contributed by atoms with E-state index in [1.165, 1.54) is 5.56 Å². The van der Waals surface area contributed by atoms with Crippen molar-refractivity contribution in [3.63, 3.8) is 0 Å². The summed E-state index contributed by atoms with van der Waals surface area (Å²) in [6.45, 7) is 4.12. The monoisotopic (exact) mass is 425 g/mol. The molecule has 138 valence electrons. The third-order valence-corrected chi connectivity index (χ3v) is 5.13. The number of hydrogen-bond acceptors (Lipinski definition) is 4. The number of aromatic nitrogens is 3. The molecule has 1 aliphatic rings. The Morgan fingerprint density at radius 3 is 2.44 bits per heavy atom. The minimum Gasteiger partial charge on any atom is -0.336 e. The van der Waals surface area contributed by atoms with Crippen molar-refractivity contribution in [2.45, 2.75) is 6.54 Å². The van der Waals surface area contributed by atoms with Crippen LogP contribution in [-0.4, -0.2) is 56.7 Å². The van der Waals surface area contributed by atoms with Gasteiger partial charge in [0.2, 0.25) is 0 Å². The summed E-state index contributed by atoms with van der Waals surface area (Å²) in [7, 11) is 0. The SMILES string of the molecule is O=C(c1ccc(-n2cc(Br)cn2)cc1)N1CCN(Cc2cccnc2)CC1. The van der Waals surface area contributed by atoms with Gasteiger partial charge in [-0.15, -0.1) is 0 Å². The smallest absolute Gasteiger partial charge is 0.253 e. The lowest BCUT2D eigenvalue weighted by Crippen LogP contribution is -2.48. The molecule has 0 bridgehead atoms. The van der Waals surface area contributed by atoms with Crippen LogP contribution >= 0.6 is 15.9 Å². The first kappa shape index (κ1) is 17.9. The molecular formula is C20H20BrN5O. The molecule has 1 fully saturated rings. The van der Waals surface area contributed by atoms with Gasteiger partial charge in [-0.05, 0) is 51.8 Å². The normalized spacial score (nSPS) is 15.1. The lowest BCUT2D eigenvalue weighted by atomic mass is 10.1. The number of carbonyl (C=O) groups is 1. The molecule has 3 aromatic rings. The maximum Gasteiger partial charge on any atom is 0.253 e. The van der Waals surface area contributed by atoms with Crippen molar-refractivity contribution in [2.75, 3.05) is 26.2 Å². The maximum absolute atomic E-state index is 12.8. The van der Waals surface area contributed by atoms with Gasteiger partial charge < -0.3 is 4.90 Å². The van der Waals surface area contributed by atoms with Gasteiger partial charge in [0.1, 0.15) is 0 Å². The minimum atomic E-state index is 0.0872. The maximum atomic E-state index is 12.8. The van der Waals surface area contributed by atoms with E-state index in [0.29, 0.717) is 5.56 Å². The van der Waals surface area contributed by atoms with E-state index in [-0.39, 0.29) is 5.91 Å². The molecule has 0 radical (unpaired) electrons. The van der Waals surface area contributed by atoms with Gasteiger partial charge >= 0.3 is 0 Å². The van der Waals surface area contributed by atoms with Crippen molar-refractivity contribution in [3.8, 4) is 5.69 Å². The molecule has 0 unspecified atom stereocenters. The summed E-state index contributed by atoms with van der Waals surface area (Å²) in [5.41, 5.74) is 2.85. The Kier molecular flexibility index (Phi) is 5.31. The Morgan fingerprint density at radius 1 is 1.04 bits per heavy atom. The van der Waals surface area contributed by atoms with Gasteiger partial charge in [0.05, 0.1) is 16.4 Å². The number of hydrogen-bond donors (Lipinski definition) is 0. The summed E-state index contributed by atoms with van der Waals surface area (Å²) in [6.07, 6.45) is 7.32. The number of nitrogens with zero attached hydrogens (tertiary/aromatic N) is 5. The second-order valence-corrected chi connectivity index (χ2v) is 7.50. The van der Waals surface area contributed by atoms with E-state index >= 15 is 0 Å². The molecule has 0 N–H and O–H groups in total. The molecule has 1 saturated heterocycles. The van der Waals surface area contributed by atoms with E-state index in [9.17, 15) is 4.79 Å². The fourth-order valence-electron chi connectivity index (χ4n) is 3.24. The third kappa shape index (κ3) is 4.26. The second kappa shape index (κ2) is 8.02. The van der Waals surface area contributed by atoms with Gasteiger partial charge in [0.15, 0.2) is 0 Å². The van der Waals surface area contributed by atoms with Crippen molar-refractivity contribution in [3.05, 3.63) is 76.8 Å². The fraction of sp³-hybridized carbons (Fsp3) is 0.250. The van der Waals surface area contributed by atoms with Crippen LogP contribution in [0, 0.1) is 0 Å². The Labute approximate surface area is 166 Å². The molecule has 4 rings (SSSR count). The number of pyridine rings is 1. The Hall–Kier alpha value is -2.51. The van der Waals surface area contributed by atoms with E-state index in [1.807, 2.05) is 47.6 Å². The summed E-state index contributed by atoms with van der Waals surface area (Å²) < 4.78 is 2.70. The molecule has 0 saturated carbocycles. The lowest BCUT2D eigenvalue weighted by Gasteiger charge is -2.34. The molecule has 27 heavy (non-hydrogen) atoms. The predicted octanol–water partition coefficient (Wildman–Crippen LogP) is 2.99. The molecule has 1 aliphatic heterocycles. The van der Waals surface area contributed by atoms with E-state index < -0.39 is 0 Å². The van der Waals surface area contributed by atoms with Crippen LogP contribution < -0.4 is 0 Å². The molecule has 2 aromatic heterocycles. The second-order valence-electron chi connectivity index (χ2n) is 6.58.